The molecule has 3 rings (SSSR count). The number of carbonyl (C=O) groups excluding carboxylic acids is 1. The molecule has 1 aromatic carbocycles. The lowest BCUT2D eigenvalue weighted by molar-refractivity contribution is -0.384. The first-order valence-electron chi connectivity index (χ1n) is 6.40. The van der Waals surface area contributed by atoms with Crippen molar-refractivity contribution >= 4 is 17.5 Å². The van der Waals surface area contributed by atoms with Gasteiger partial charge in [0.25, 0.3) is 5.69 Å². The van der Waals surface area contributed by atoms with Gasteiger partial charge in [0.1, 0.15) is 12.4 Å². The average molecular weight is 300 g/mol. The van der Waals surface area contributed by atoms with E-state index in [0.717, 1.165) is 0 Å². The lowest BCUT2D eigenvalue weighted by Crippen LogP contribution is -2.31. The van der Waals surface area contributed by atoms with Gasteiger partial charge in [0.15, 0.2) is 0 Å². The highest BCUT2D eigenvalue weighted by Crippen LogP contribution is 2.35. The van der Waals surface area contributed by atoms with E-state index >= 15 is 0 Å². The third-order valence-corrected chi connectivity index (χ3v) is 3.46. The Labute approximate surface area is 124 Å². The number of primary amides is 1. The molecule has 0 bridgehead atoms. The number of nitrogens with two attached hydrogens (primary N) is 1. The summed E-state index contributed by atoms with van der Waals surface area (Å²) in [6.45, 7) is 1.70. The molecule has 0 spiro atoms. The summed E-state index contributed by atoms with van der Waals surface area (Å²) in [6, 6.07) is 5.37. The second-order valence-corrected chi connectivity index (χ2v) is 4.81. The standard InChI is InChI=1S/C13H12N6O3/c1-7-10(12(14)20)11(18-13(17-7)15-6-16-18)8-3-2-4-9(5-8)19(21)22/h2-6,11H,1H3,(H2,14,20)(H,15,16,17). The molecule has 9 heteroatoms. The molecular weight excluding hydrogens is 288 g/mol. The molecule has 0 aliphatic carbocycles. The third kappa shape index (κ3) is 2.08. The van der Waals surface area contributed by atoms with E-state index in [9.17, 15) is 14.9 Å². The van der Waals surface area contributed by atoms with Crippen molar-refractivity contribution in [3.63, 3.8) is 0 Å². The van der Waals surface area contributed by atoms with Crippen molar-refractivity contribution in [1.82, 2.24) is 14.8 Å². The largest absolute Gasteiger partial charge is 0.366 e. The number of nitrogens with zero attached hydrogens (tertiary/aromatic N) is 4. The maximum Gasteiger partial charge on any atom is 0.269 e. The first kappa shape index (κ1) is 13.7. The average Bonchev–Trinajstić information content (AvgIpc) is 2.93. The highest BCUT2D eigenvalue weighted by atomic mass is 16.6. The van der Waals surface area contributed by atoms with Gasteiger partial charge in [-0.15, -0.1) is 0 Å². The van der Waals surface area contributed by atoms with Crippen LogP contribution in [0.5, 0.6) is 0 Å². The molecule has 0 fully saturated rings. The molecular formula is C13H12N6O3. The van der Waals surface area contributed by atoms with Crippen LogP contribution in [-0.2, 0) is 4.79 Å². The number of allylic oxidation sites excluding steroid dienone is 1. The molecule has 22 heavy (non-hydrogen) atoms. The van der Waals surface area contributed by atoms with Gasteiger partial charge in [0.05, 0.1) is 10.5 Å². The van der Waals surface area contributed by atoms with Crippen LogP contribution in [-0.4, -0.2) is 25.6 Å². The van der Waals surface area contributed by atoms with Gasteiger partial charge in [-0.2, -0.15) is 10.1 Å². The number of fused-ring (bicyclic) bond motifs is 1. The van der Waals surface area contributed by atoms with Crippen LogP contribution in [0, 0.1) is 10.1 Å². The molecule has 112 valence electrons. The zero-order valence-corrected chi connectivity index (χ0v) is 11.6. The first-order chi connectivity index (χ1) is 10.5. The fourth-order valence-electron chi connectivity index (χ4n) is 2.53. The minimum absolute atomic E-state index is 0.0702. The fraction of sp³-hybridized carbons (Fsp3) is 0.154. The summed E-state index contributed by atoms with van der Waals surface area (Å²) in [7, 11) is 0. The Morgan fingerprint density at radius 2 is 2.27 bits per heavy atom. The van der Waals surface area contributed by atoms with E-state index in [1.807, 2.05) is 0 Å². The third-order valence-electron chi connectivity index (χ3n) is 3.46. The number of nitrogens with one attached hydrogen (secondary N) is 1. The molecule has 1 aliphatic rings. The molecule has 0 saturated heterocycles. The zero-order chi connectivity index (χ0) is 15.9. The number of hydrogen-bond acceptors (Lipinski definition) is 6. The second-order valence-electron chi connectivity index (χ2n) is 4.81. The maximum atomic E-state index is 11.8. The molecule has 1 aromatic heterocycles. The smallest absolute Gasteiger partial charge is 0.269 e. The van der Waals surface area contributed by atoms with Crippen LogP contribution in [0.25, 0.3) is 0 Å². The van der Waals surface area contributed by atoms with E-state index in [1.54, 1.807) is 19.1 Å². The van der Waals surface area contributed by atoms with Crippen LogP contribution >= 0.6 is 0 Å². The fourth-order valence-corrected chi connectivity index (χ4v) is 2.53. The van der Waals surface area contributed by atoms with E-state index in [1.165, 1.54) is 23.1 Å². The predicted octanol–water partition coefficient (Wildman–Crippen LogP) is 0.960. The summed E-state index contributed by atoms with van der Waals surface area (Å²) in [5.74, 6) is -0.179. The molecule has 1 aliphatic heterocycles. The highest BCUT2D eigenvalue weighted by molar-refractivity contribution is 5.95. The number of anilines is 1. The molecule has 1 unspecified atom stereocenters. The molecule has 1 amide bonds. The lowest BCUT2D eigenvalue weighted by Gasteiger charge is -2.27. The van der Waals surface area contributed by atoms with E-state index in [-0.39, 0.29) is 5.69 Å². The van der Waals surface area contributed by atoms with Crippen LogP contribution < -0.4 is 11.1 Å². The van der Waals surface area contributed by atoms with Crippen molar-refractivity contribution in [2.45, 2.75) is 13.0 Å². The van der Waals surface area contributed by atoms with Crippen molar-refractivity contribution < 1.29 is 9.72 Å². The van der Waals surface area contributed by atoms with Crippen LogP contribution in [0.15, 0.2) is 41.9 Å². The Kier molecular flexibility index (Phi) is 3.09. The van der Waals surface area contributed by atoms with Crippen molar-refractivity contribution in [3.05, 3.63) is 57.5 Å². The van der Waals surface area contributed by atoms with Crippen molar-refractivity contribution in [3.8, 4) is 0 Å². The number of carbonyl (C=O) groups is 1. The van der Waals surface area contributed by atoms with Gasteiger partial charge in [0.2, 0.25) is 11.9 Å². The van der Waals surface area contributed by atoms with E-state index in [0.29, 0.717) is 22.8 Å². The van der Waals surface area contributed by atoms with Gasteiger partial charge in [-0.05, 0) is 12.5 Å². The summed E-state index contributed by atoms with van der Waals surface area (Å²) in [5, 5.41) is 18.0. The summed E-state index contributed by atoms with van der Waals surface area (Å²) >= 11 is 0. The normalized spacial score (nSPS) is 16.9. The molecule has 0 saturated carbocycles. The number of nitro groups is 1. The van der Waals surface area contributed by atoms with Crippen molar-refractivity contribution in [2.75, 3.05) is 5.32 Å². The minimum atomic E-state index is -0.656. The van der Waals surface area contributed by atoms with E-state index < -0.39 is 16.9 Å². The van der Waals surface area contributed by atoms with Crippen molar-refractivity contribution in [2.24, 2.45) is 5.73 Å². The number of aromatic nitrogens is 3. The summed E-state index contributed by atoms with van der Waals surface area (Å²) in [4.78, 5) is 26.4. The van der Waals surface area contributed by atoms with Gasteiger partial charge in [-0.1, -0.05) is 12.1 Å². The van der Waals surface area contributed by atoms with Crippen LogP contribution in [0.4, 0.5) is 11.6 Å². The second kappa shape index (κ2) is 4.95. The van der Waals surface area contributed by atoms with Gasteiger partial charge in [-0.3, -0.25) is 14.9 Å². The monoisotopic (exact) mass is 300 g/mol. The minimum Gasteiger partial charge on any atom is -0.366 e. The molecule has 3 N–H and O–H groups in total. The quantitative estimate of drug-likeness (QED) is 0.641. The SMILES string of the molecule is CC1=C(C(N)=O)C(c2cccc([N+](=O)[O-])c2)n2ncnc2N1. The Morgan fingerprint density at radius 1 is 1.50 bits per heavy atom. The van der Waals surface area contributed by atoms with Crippen LogP contribution in [0.2, 0.25) is 0 Å². The van der Waals surface area contributed by atoms with Gasteiger partial charge in [-0.25, -0.2) is 4.68 Å². The van der Waals surface area contributed by atoms with Gasteiger partial charge < -0.3 is 11.1 Å². The van der Waals surface area contributed by atoms with Gasteiger partial charge >= 0.3 is 0 Å². The topological polar surface area (TPSA) is 129 Å². The first-order valence-corrected chi connectivity index (χ1v) is 6.40. The van der Waals surface area contributed by atoms with Crippen molar-refractivity contribution in [1.29, 1.82) is 0 Å². The number of rotatable bonds is 3. The van der Waals surface area contributed by atoms with Crippen LogP contribution in [0.1, 0.15) is 18.5 Å². The Morgan fingerprint density at radius 3 is 2.95 bits per heavy atom. The van der Waals surface area contributed by atoms with Gasteiger partial charge in [0, 0.05) is 17.8 Å². The highest BCUT2D eigenvalue weighted by Gasteiger charge is 2.32. The maximum absolute atomic E-state index is 11.8. The van der Waals surface area contributed by atoms with E-state index in [2.05, 4.69) is 15.4 Å². The molecule has 2 aromatic rings. The summed E-state index contributed by atoms with van der Waals surface area (Å²) in [6.07, 6.45) is 1.34. The van der Waals surface area contributed by atoms with E-state index in [4.69, 9.17) is 5.73 Å². The summed E-state index contributed by atoms with van der Waals surface area (Å²) in [5.41, 5.74) is 6.78. The predicted molar refractivity (Wildman–Crippen MR) is 76.8 cm³/mol. The molecule has 1 atom stereocenters. The summed E-state index contributed by atoms with van der Waals surface area (Å²) < 4.78 is 1.48. The van der Waals surface area contributed by atoms with Crippen LogP contribution in [0.3, 0.4) is 0 Å². The number of benzene rings is 1. The molecule has 9 nitrogen and oxygen atoms in total. The Hall–Kier alpha value is -3.23. The number of amides is 1. The number of non-ortho nitro benzene ring substituents is 1. The zero-order valence-electron chi connectivity index (χ0n) is 11.6. The Bertz CT molecular complexity index is 810. The molecule has 2 heterocycles. The number of nitro benzene ring substituents is 1. The lowest BCUT2D eigenvalue weighted by atomic mass is 9.95. The number of hydrogen-bond donors (Lipinski definition) is 2. The molecule has 0 radical (unpaired) electrons. The Balaban J connectivity index is 2.20.